The molecule has 6 nitrogen and oxygen atoms in total. The Morgan fingerprint density at radius 2 is 2.25 bits per heavy atom. The summed E-state index contributed by atoms with van der Waals surface area (Å²) in [4.78, 5) is 18.5. The first-order chi connectivity index (χ1) is 9.41. The molecule has 1 aliphatic rings. The molecule has 1 atom stereocenters. The number of aromatic amines is 1. The minimum Gasteiger partial charge on any atom is -0.396 e. The first-order valence-electron chi connectivity index (χ1n) is 7.25. The molecule has 1 fully saturated rings. The van der Waals surface area contributed by atoms with E-state index >= 15 is 0 Å². The van der Waals surface area contributed by atoms with Gasteiger partial charge in [0, 0.05) is 25.1 Å². The van der Waals surface area contributed by atoms with Gasteiger partial charge in [-0.2, -0.15) is 0 Å². The summed E-state index contributed by atoms with van der Waals surface area (Å²) >= 11 is 0. The standard InChI is InChI=1S/C14H24N4O2/c1-14(2,3)13-15-11(16-17-13)12(20)18-7-4-5-10(9-18)6-8-19/h10,19H,4-9H2,1-3H3,(H,15,16,17). The van der Waals surface area contributed by atoms with Gasteiger partial charge in [-0.15, -0.1) is 5.10 Å². The number of nitrogens with one attached hydrogen (secondary N) is 1. The number of carbonyl (C=O) groups is 1. The molecule has 0 bridgehead atoms. The van der Waals surface area contributed by atoms with Gasteiger partial charge in [0.15, 0.2) is 0 Å². The summed E-state index contributed by atoms with van der Waals surface area (Å²) in [6, 6.07) is 0. The van der Waals surface area contributed by atoms with Gasteiger partial charge in [-0.1, -0.05) is 20.8 Å². The molecule has 0 aliphatic carbocycles. The fourth-order valence-electron chi connectivity index (χ4n) is 2.50. The molecule has 2 heterocycles. The van der Waals surface area contributed by atoms with Gasteiger partial charge in [0.25, 0.3) is 5.91 Å². The maximum absolute atomic E-state index is 12.4. The Bertz CT molecular complexity index is 462. The number of hydrogen-bond donors (Lipinski definition) is 2. The van der Waals surface area contributed by atoms with E-state index in [-0.39, 0.29) is 23.8 Å². The van der Waals surface area contributed by atoms with E-state index in [1.165, 1.54) is 0 Å². The van der Waals surface area contributed by atoms with E-state index in [9.17, 15) is 4.79 Å². The fraction of sp³-hybridized carbons (Fsp3) is 0.786. The summed E-state index contributed by atoms with van der Waals surface area (Å²) in [7, 11) is 0. The van der Waals surface area contributed by atoms with Crippen LogP contribution in [0, 0.1) is 5.92 Å². The number of likely N-dealkylation sites (tertiary alicyclic amines) is 1. The molecule has 0 spiro atoms. The van der Waals surface area contributed by atoms with E-state index in [1.807, 2.05) is 20.8 Å². The number of nitrogens with zero attached hydrogens (tertiary/aromatic N) is 3. The van der Waals surface area contributed by atoms with E-state index in [1.54, 1.807) is 4.90 Å². The van der Waals surface area contributed by atoms with E-state index in [0.29, 0.717) is 12.5 Å². The first-order valence-corrected chi connectivity index (χ1v) is 7.25. The molecule has 1 amide bonds. The highest BCUT2D eigenvalue weighted by molar-refractivity contribution is 5.90. The number of hydrogen-bond acceptors (Lipinski definition) is 4. The SMILES string of the molecule is CC(C)(C)c1nc(C(=O)N2CCCC(CCO)C2)n[nH]1. The third-order valence-corrected chi connectivity index (χ3v) is 3.73. The molecule has 1 unspecified atom stereocenters. The Morgan fingerprint density at radius 1 is 1.50 bits per heavy atom. The molecule has 6 heteroatoms. The molecule has 20 heavy (non-hydrogen) atoms. The van der Waals surface area contributed by atoms with Crippen LogP contribution in [0.1, 0.15) is 56.5 Å². The maximum atomic E-state index is 12.4. The predicted octanol–water partition coefficient (Wildman–Crippen LogP) is 1.34. The van der Waals surface area contributed by atoms with Crippen LogP contribution in [0.25, 0.3) is 0 Å². The van der Waals surface area contributed by atoms with E-state index in [2.05, 4.69) is 15.2 Å². The number of rotatable bonds is 3. The van der Waals surface area contributed by atoms with Crippen molar-refractivity contribution in [2.24, 2.45) is 5.92 Å². The molecule has 1 aliphatic heterocycles. The average Bonchev–Trinajstić information content (AvgIpc) is 2.88. The lowest BCUT2D eigenvalue weighted by Crippen LogP contribution is -2.40. The lowest BCUT2D eigenvalue weighted by Gasteiger charge is -2.31. The van der Waals surface area contributed by atoms with Crippen molar-refractivity contribution in [2.75, 3.05) is 19.7 Å². The minimum atomic E-state index is -0.146. The number of aromatic nitrogens is 3. The van der Waals surface area contributed by atoms with Crippen LogP contribution in [0.2, 0.25) is 0 Å². The van der Waals surface area contributed by atoms with Crippen LogP contribution >= 0.6 is 0 Å². The predicted molar refractivity (Wildman–Crippen MR) is 75.4 cm³/mol. The minimum absolute atomic E-state index is 0.112. The Kier molecular flexibility index (Phi) is 4.42. The highest BCUT2D eigenvalue weighted by Crippen LogP contribution is 2.21. The molecule has 0 radical (unpaired) electrons. The second-order valence-electron chi connectivity index (χ2n) is 6.53. The number of aliphatic hydroxyl groups is 1. The third kappa shape index (κ3) is 3.36. The van der Waals surface area contributed by atoms with Gasteiger partial charge in [0.1, 0.15) is 5.82 Å². The molecular weight excluding hydrogens is 256 g/mol. The van der Waals surface area contributed by atoms with Gasteiger partial charge in [0.2, 0.25) is 5.82 Å². The summed E-state index contributed by atoms with van der Waals surface area (Å²) in [6.07, 6.45) is 2.81. The lowest BCUT2D eigenvalue weighted by molar-refractivity contribution is 0.0641. The largest absolute Gasteiger partial charge is 0.396 e. The van der Waals surface area contributed by atoms with E-state index in [0.717, 1.165) is 31.6 Å². The topological polar surface area (TPSA) is 82.1 Å². The van der Waals surface area contributed by atoms with Crippen LogP contribution in [0.5, 0.6) is 0 Å². The van der Waals surface area contributed by atoms with Gasteiger partial charge in [-0.25, -0.2) is 4.98 Å². The Balaban J connectivity index is 2.05. The molecule has 0 aromatic carbocycles. The second-order valence-corrected chi connectivity index (χ2v) is 6.53. The van der Waals surface area contributed by atoms with Gasteiger partial charge >= 0.3 is 0 Å². The molecule has 0 saturated carbocycles. The number of aliphatic hydroxyl groups excluding tert-OH is 1. The van der Waals surface area contributed by atoms with Crippen molar-refractivity contribution in [1.29, 1.82) is 0 Å². The van der Waals surface area contributed by atoms with Crippen LogP contribution in [-0.4, -0.2) is 50.8 Å². The summed E-state index contributed by atoms with van der Waals surface area (Å²) in [5, 5.41) is 15.9. The van der Waals surface area contributed by atoms with Crippen LogP contribution in [-0.2, 0) is 5.41 Å². The smallest absolute Gasteiger partial charge is 0.293 e. The van der Waals surface area contributed by atoms with Crippen LogP contribution < -0.4 is 0 Å². The Hall–Kier alpha value is -1.43. The molecule has 2 rings (SSSR count). The molecular formula is C14H24N4O2. The first kappa shape index (κ1) is 15.0. The summed E-state index contributed by atoms with van der Waals surface area (Å²) < 4.78 is 0. The molecule has 112 valence electrons. The normalized spacial score (nSPS) is 20.2. The van der Waals surface area contributed by atoms with Gasteiger partial charge in [-0.05, 0) is 25.2 Å². The number of piperidine rings is 1. The molecule has 1 aromatic heterocycles. The van der Waals surface area contributed by atoms with Crippen LogP contribution in [0.3, 0.4) is 0 Å². The zero-order chi connectivity index (χ0) is 14.8. The highest BCUT2D eigenvalue weighted by Gasteiger charge is 2.28. The van der Waals surface area contributed by atoms with Crippen LogP contribution in [0.4, 0.5) is 0 Å². The highest BCUT2D eigenvalue weighted by atomic mass is 16.3. The van der Waals surface area contributed by atoms with Crippen LogP contribution in [0.15, 0.2) is 0 Å². The number of carbonyl (C=O) groups excluding carboxylic acids is 1. The summed E-state index contributed by atoms with van der Waals surface area (Å²) in [5.41, 5.74) is -0.146. The van der Waals surface area contributed by atoms with Gasteiger partial charge in [0.05, 0.1) is 0 Å². The van der Waals surface area contributed by atoms with Crippen molar-refractivity contribution in [2.45, 2.75) is 45.4 Å². The van der Waals surface area contributed by atoms with Crippen molar-refractivity contribution < 1.29 is 9.90 Å². The maximum Gasteiger partial charge on any atom is 0.293 e. The number of H-pyrrole nitrogens is 1. The average molecular weight is 280 g/mol. The molecule has 2 N–H and O–H groups in total. The Morgan fingerprint density at radius 3 is 2.85 bits per heavy atom. The second kappa shape index (κ2) is 5.91. The molecule has 1 saturated heterocycles. The van der Waals surface area contributed by atoms with E-state index < -0.39 is 0 Å². The van der Waals surface area contributed by atoms with Crippen molar-refractivity contribution in [3.63, 3.8) is 0 Å². The monoisotopic (exact) mass is 280 g/mol. The fourth-order valence-corrected chi connectivity index (χ4v) is 2.50. The van der Waals surface area contributed by atoms with Crippen molar-refractivity contribution in [1.82, 2.24) is 20.1 Å². The number of amides is 1. The Labute approximate surface area is 119 Å². The summed E-state index contributed by atoms with van der Waals surface area (Å²) in [6.45, 7) is 7.71. The van der Waals surface area contributed by atoms with Gasteiger partial charge in [-0.3, -0.25) is 9.89 Å². The molecule has 1 aromatic rings. The van der Waals surface area contributed by atoms with Crippen molar-refractivity contribution >= 4 is 5.91 Å². The van der Waals surface area contributed by atoms with Gasteiger partial charge < -0.3 is 10.0 Å². The zero-order valence-corrected chi connectivity index (χ0v) is 12.5. The quantitative estimate of drug-likeness (QED) is 0.875. The lowest BCUT2D eigenvalue weighted by atomic mass is 9.95. The summed E-state index contributed by atoms with van der Waals surface area (Å²) in [5.74, 6) is 1.25. The third-order valence-electron chi connectivity index (χ3n) is 3.73. The van der Waals surface area contributed by atoms with E-state index in [4.69, 9.17) is 5.11 Å². The zero-order valence-electron chi connectivity index (χ0n) is 12.5. The van der Waals surface area contributed by atoms with Crippen molar-refractivity contribution in [3.05, 3.63) is 11.6 Å². The van der Waals surface area contributed by atoms with Crippen molar-refractivity contribution in [3.8, 4) is 0 Å².